The number of sulfonamides is 1. The van der Waals surface area contributed by atoms with Gasteiger partial charge in [0.1, 0.15) is 4.90 Å². The first kappa shape index (κ1) is 17.5. The van der Waals surface area contributed by atoms with Crippen LogP contribution in [-0.4, -0.2) is 19.8 Å². The maximum Gasteiger partial charge on any atom is 0.242 e. The fourth-order valence-electron chi connectivity index (χ4n) is 2.43. The van der Waals surface area contributed by atoms with Gasteiger partial charge < -0.3 is 0 Å². The average Bonchev–Trinajstić information content (AvgIpc) is 2.43. The van der Waals surface area contributed by atoms with Crippen molar-refractivity contribution >= 4 is 49.2 Å². The highest BCUT2D eigenvalue weighted by Crippen LogP contribution is 2.31. The van der Waals surface area contributed by atoms with Crippen LogP contribution in [0.1, 0.15) is 25.7 Å². The fraction of sp³-hybridized carbons (Fsp3) is 0.538. The number of hydrogen-bond donors (Lipinski definition) is 1. The molecule has 0 aliphatic heterocycles. The van der Waals surface area contributed by atoms with Crippen LogP contribution in [0.25, 0.3) is 0 Å². The van der Waals surface area contributed by atoms with Crippen LogP contribution in [0.4, 0.5) is 4.39 Å². The molecule has 0 aromatic heterocycles. The fourth-order valence-corrected chi connectivity index (χ4v) is 5.14. The van der Waals surface area contributed by atoms with Gasteiger partial charge >= 0.3 is 0 Å². The first-order valence-corrected chi connectivity index (χ1v) is 9.74. The Morgan fingerprint density at radius 3 is 2.71 bits per heavy atom. The van der Waals surface area contributed by atoms with Crippen molar-refractivity contribution in [3.8, 4) is 0 Å². The van der Waals surface area contributed by atoms with E-state index in [1.54, 1.807) is 0 Å². The molecule has 21 heavy (non-hydrogen) atoms. The Hall–Kier alpha value is 0.120. The van der Waals surface area contributed by atoms with Crippen molar-refractivity contribution in [1.29, 1.82) is 0 Å². The Labute approximate surface area is 142 Å². The van der Waals surface area contributed by atoms with Crippen LogP contribution in [0, 0.1) is 11.7 Å². The van der Waals surface area contributed by atoms with Crippen LogP contribution >= 0.6 is 39.1 Å². The lowest BCUT2D eigenvalue weighted by Crippen LogP contribution is -2.32. The van der Waals surface area contributed by atoms with E-state index in [2.05, 4.69) is 20.7 Å². The van der Waals surface area contributed by atoms with Crippen LogP contribution in [0.5, 0.6) is 0 Å². The Balaban J connectivity index is 2.10. The van der Waals surface area contributed by atoms with Gasteiger partial charge in [-0.3, -0.25) is 0 Å². The molecule has 118 valence electrons. The zero-order valence-corrected chi connectivity index (χ0v) is 15.0. The van der Waals surface area contributed by atoms with Crippen LogP contribution in [-0.2, 0) is 10.0 Å². The van der Waals surface area contributed by atoms with Crippen molar-refractivity contribution in [1.82, 2.24) is 4.72 Å². The second-order valence-electron chi connectivity index (χ2n) is 5.16. The van der Waals surface area contributed by atoms with Crippen molar-refractivity contribution in [2.75, 3.05) is 6.54 Å². The third-order valence-corrected chi connectivity index (χ3v) is 6.64. The summed E-state index contributed by atoms with van der Waals surface area (Å²) in [4.78, 5) is 0.148. The van der Waals surface area contributed by atoms with Crippen molar-refractivity contribution < 1.29 is 12.8 Å². The predicted molar refractivity (Wildman–Crippen MR) is 86.3 cm³/mol. The standard InChI is InChI=1S/C13H15BrCl2FNO2S/c14-9-3-1-2-8(6-9)7-18-21(19,20)11-5-4-10(15)13(17)12(11)16/h4-5,8-9,18H,1-3,6-7H2. The van der Waals surface area contributed by atoms with E-state index in [9.17, 15) is 12.8 Å². The Kier molecular flexibility index (Phi) is 5.93. The number of nitrogens with one attached hydrogen (secondary N) is 1. The second kappa shape index (κ2) is 7.13. The Morgan fingerprint density at radius 2 is 2.05 bits per heavy atom. The van der Waals surface area contributed by atoms with E-state index in [1.165, 1.54) is 12.1 Å². The zero-order valence-electron chi connectivity index (χ0n) is 11.1. The van der Waals surface area contributed by atoms with E-state index in [4.69, 9.17) is 23.2 Å². The summed E-state index contributed by atoms with van der Waals surface area (Å²) in [7, 11) is -3.84. The summed E-state index contributed by atoms with van der Waals surface area (Å²) >= 11 is 14.9. The molecule has 0 amide bonds. The molecule has 2 atom stereocenters. The van der Waals surface area contributed by atoms with Gasteiger partial charge in [0.15, 0.2) is 5.82 Å². The predicted octanol–water partition coefficient (Wildman–Crippen LogP) is 4.36. The molecule has 1 aliphatic rings. The molecule has 1 aromatic rings. The number of halogens is 4. The highest BCUT2D eigenvalue weighted by molar-refractivity contribution is 9.09. The van der Waals surface area contributed by atoms with Crippen molar-refractivity contribution in [3.63, 3.8) is 0 Å². The lowest BCUT2D eigenvalue weighted by Gasteiger charge is -2.25. The maximum absolute atomic E-state index is 13.6. The van der Waals surface area contributed by atoms with Gasteiger partial charge in [0, 0.05) is 11.4 Å². The van der Waals surface area contributed by atoms with E-state index in [0.29, 0.717) is 11.4 Å². The highest BCUT2D eigenvalue weighted by atomic mass is 79.9. The Morgan fingerprint density at radius 1 is 1.33 bits per heavy atom. The molecule has 3 nitrogen and oxygen atoms in total. The van der Waals surface area contributed by atoms with Crippen molar-refractivity contribution in [2.45, 2.75) is 35.4 Å². The second-order valence-corrected chi connectivity index (χ2v) is 8.97. The van der Waals surface area contributed by atoms with Crippen LogP contribution in [0.3, 0.4) is 0 Å². The summed E-state index contributed by atoms with van der Waals surface area (Å²) in [6, 6.07) is 2.40. The zero-order chi connectivity index (χ0) is 15.6. The molecule has 1 N–H and O–H groups in total. The molecule has 1 fully saturated rings. The van der Waals surface area contributed by atoms with Gasteiger partial charge in [-0.05, 0) is 37.3 Å². The summed E-state index contributed by atoms with van der Waals surface area (Å²) in [5, 5.41) is -0.676. The molecule has 0 heterocycles. The van der Waals surface area contributed by atoms with Crippen LogP contribution in [0.2, 0.25) is 10.0 Å². The summed E-state index contributed by atoms with van der Waals surface area (Å²) in [6.45, 7) is 0.324. The topological polar surface area (TPSA) is 46.2 Å². The summed E-state index contributed by atoms with van der Waals surface area (Å²) < 4.78 is 40.6. The third-order valence-electron chi connectivity index (χ3n) is 3.57. The van der Waals surface area contributed by atoms with Gasteiger partial charge in [-0.2, -0.15) is 0 Å². The highest BCUT2D eigenvalue weighted by Gasteiger charge is 2.25. The van der Waals surface area contributed by atoms with Gasteiger partial charge in [-0.25, -0.2) is 17.5 Å². The number of rotatable bonds is 4. The smallest absolute Gasteiger partial charge is 0.211 e. The van der Waals surface area contributed by atoms with Gasteiger partial charge in [0.25, 0.3) is 0 Å². The quantitative estimate of drug-likeness (QED) is 0.583. The summed E-state index contributed by atoms with van der Waals surface area (Å²) in [5.41, 5.74) is 0. The van der Waals surface area contributed by atoms with Gasteiger partial charge in [0.05, 0.1) is 10.0 Å². The van der Waals surface area contributed by atoms with Crippen molar-refractivity contribution in [2.24, 2.45) is 5.92 Å². The van der Waals surface area contributed by atoms with E-state index in [0.717, 1.165) is 25.7 Å². The van der Waals surface area contributed by atoms with Crippen LogP contribution < -0.4 is 4.72 Å². The molecule has 0 radical (unpaired) electrons. The normalized spacial score (nSPS) is 23.2. The average molecular weight is 419 g/mol. The largest absolute Gasteiger partial charge is 0.242 e. The van der Waals surface area contributed by atoms with E-state index in [1.807, 2.05) is 0 Å². The first-order valence-electron chi connectivity index (χ1n) is 6.58. The molecule has 0 bridgehead atoms. The molecular formula is C13H15BrCl2FNO2S. The third kappa shape index (κ3) is 4.32. The van der Waals surface area contributed by atoms with E-state index in [-0.39, 0.29) is 15.8 Å². The lowest BCUT2D eigenvalue weighted by molar-refractivity contribution is 0.368. The Bertz CT molecular complexity index is 627. The minimum absolute atomic E-state index is 0.201. The SMILES string of the molecule is O=S(=O)(NCC1CCCC(Br)C1)c1ccc(Cl)c(F)c1Cl. The van der Waals surface area contributed by atoms with E-state index >= 15 is 0 Å². The van der Waals surface area contributed by atoms with E-state index < -0.39 is 20.9 Å². The maximum atomic E-state index is 13.6. The first-order chi connectivity index (χ1) is 9.81. The molecule has 2 unspecified atom stereocenters. The molecular weight excluding hydrogens is 404 g/mol. The van der Waals surface area contributed by atoms with Crippen LogP contribution in [0.15, 0.2) is 17.0 Å². The van der Waals surface area contributed by atoms with Gasteiger partial charge in [-0.1, -0.05) is 45.6 Å². The lowest BCUT2D eigenvalue weighted by atomic mass is 9.89. The molecule has 1 aliphatic carbocycles. The van der Waals surface area contributed by atoms with Crippen molar-refractivity contribution in [3.05, 3.63) is 28.0 Å². The van der Waals surface area contributed by atoms with Gasteiger partial charge in [0.2, 0.25) is 10.0 Å². The molecule has 8 heteroatoms. The molecule has 0 saturated heterocycles. The molecule has 1 saturated carbocycles. The molecule has 1 aromatic carbocycles. The summed E-state index contributed by atoms with van der Waals surface area (Å²) in [6.07, 6.45) is 4.08. The minimum atomic E-state index is -3.84. The number of benzene rings is 1. The minimum Gasteiger partial charge on any atom is -0.211 e. The monoisotopic (exact) mass is 417 g/mol. The summed E-state index contributed by atoms with van der Waals surface area (Å²) in [5.74, 6) is -0.645. The number of alkyl halides is 1. The molecule has 0 spiro atoms. The van der Waals surface area contributed by atoms with Gasteiger partial charge in [-0.15, -0.1) is 0 Å². The molecule has 2 rings (SSSR count). The number of hydrogen-bond acceptors (Lipinski definition) is 2.